The fraction of sp³-hybridized carbons (Fsp3) is 0.136. The highest BCUT2D eigenvalue weighted by molar-refractivity contribution is 8.00. The molecule has 158 valence electrons. The zero-order valence-electron chi connectivity index (χ0n) is 16.3. The molecule has 0 aliphatic carbocycles. The van der Waals surface area contributed by atoms with Gasteiger partial charge in [-0.2, -0.15) is 0 Å². The number of fused-ring (bicyclic) bond motifs is 1. The molecule has 31 heavy (non-hydrogen) atoms. The Kier molecular flexibility index (Phi) is 6.67. The molecule has 2 aromatic carbocycles. The third kappa shape index (κ3) is 4.96. The minimum atomic E-state index is -0.470. The predicted octanol–water partition coefficient (Wildman–Crippen LogP) is 5.55. The van der Waals surface area contributed by atoms with Crippen LogP contribution in [0.2, 0.25) is 10.0 Å². The second-order valence-corrected chi connectivity index (χ2v) is 9.94. The third-order valence-electron chi connectivity index (χ3n) is 4.55. The van der Waals surface area contributed by atoms with Gasteiger partial charge in [-0.3, -0.25) is 14.2 Å². The van der Waals surface area contributed by atoms with Crippen LogP contribution in [-0.2, 0) is 11.3 Å². The number of benzene rings is 2. The fourth-order valence-corrected chi connectivity index (χ4v) is 4.87. The Balaban J connectivity index is 1.70. The quantitative estimate of drug-likeness (QED) is 0.284. The van der Waals surface area contributed by atoms with Gasteiger partial charge in [0.1, 0.15) is 0 Å². The largest absolute Gasteiger partial charge is 0.350 e. The van der Waals surface area contributed by atoms with Gasteiger partial charge in [-0.15, -0.1) is 11.3 Å². The van der Waals surface area contributed by atoms with Crippen molar-refractivity contribution in [1.82, 2.24) is 14.9 Å². The van der Waals surface area contributed by atoms with Crippen molar-refractivity contribution >= 4 is 63.1 Å². The Morgan fingerprint density at radius 3 is 2.61 bits per heavy atom. The number of halogens is 2. The van der Waals surface area contributed by atoms with Crippen LogP contribution in [0.1, 0.15) is 11.8 Å². The molecule has 0 aliphatic rings. The van der Waals surface area contributed by atoms with Crippen LogP contribution in [0.25, 0.3) is 16.6 Å². The standard InChI is InChI=1S/C22H17Cl2N3O2S2/c1-13(20(28)25-12-17-3-2-10-30-17)31-22-26-19-11-15(24)6-9-18(19)21(29)27(22)16-7-4-14(23)5-8-16/h2-11,13H,12H2,1H3,(H,25,28). The van der Waals surface area contributed by atoms with Crippen molar-refractivity contribution < 1.29 is 4.79 Å². The van der Waals surface area contributed by atoms with Crippen molar-refractivity contribution in [2.45, 2.75) is 23.9 Å². The summed E-state index contributed by atoms with van der Waals surface area (Å²) in [6.07, 6.45) is 0. The van der Waals surface area contributed by atoms with E-state index in [2.05, 4.69) is 10.3 Å². The molecule has 2 aromatic heterocycles. The molecule has 1 amide bonds. The Morgan fingerprint density at radius 2 is 1.90 bits per heavy atom. The van der Waals surface area contributed by atoms with E-state index in [4.69, 9.17) is 23.2 Å². The zero-order valence-corrected chi connectivity index (χ0v) is 19.5. The number of thioether (sulfide) groups is 1. The molecule has 1 unspecified atom stereocenters. The second kappa shape index (κ2) is 9.44. The van der Waals surface area contributed by atoms with E-state index in [0.717, 1.165) is 4.88 Å². The lowest BCUT2D eigenvalue weighted by atomic mass is 10.2. The monoisotopic (exact) mass is 489 g/mol. The smallest absolute Gasteiger partial charge is 0.266 e. The SMILES string of the molecule is CC(Sc1nc2cc(Cl)ccc2c(=O)n1-c1ccc(Cl)cc1)C(=O)NCc1cccs1. The second-order valence-electron chi connectivity index (χ2n) is 6.73. The van der Waals surface area contributed by atoms with Crippen LogP contribution < -0.4 is 10.9 Å². The summed E-state index contributed by atoms with van der Waals surface area (Å²) in [5, 5.41) is 6.32. The van der Waals surface area contributed by atoms with Crippen LogP contribution in [0, 0.1) is 0 Å². The van der Waals surface area contributed by atoms with Crippen molar-refractivity contribution in [3.8, 4) is 5.69 Å². The van der Waals surface area contributed by atoms with Crippen LogP contribution >= 0.6 is 46.3 Å². The van der Waals surface area contributed by atoms with Gasteiger partial charge >= 0.3 is 0 Å². The maximum Gasteiger partial charge on any atom is 0.266 e. The van der Waals surface area contributed by atoms with E-state index in [0.29, 0.717) is 38.3 Å². The molecule has 1 atom stereocenters. The number of aromatic nitrogens is 2. The summed E-state index contributed by atoms with van der Waals surface area (Å²) in [6, 6.07) is 15.8. The lowest BCUT2D eigenvalue weighted by Gasteiger charge is -2.16. The molecule has 0 spiro atoms. The average molecular weight is 490 g/mol. The third-order valence-corrected chi connectivity index (χ3v) is 6.97. The molecule has 2 heterocycles. The zero-order chi connectivity index (χ0) is 22.0. The summed E-state index contributed by atoms with van der Waals surface area (Å²) in [5.74, 6) is -0.138. The van der Waals surface area contributed by atoms with Crippen LogP contribution in [-0.4, -0.2) is 20.7 Å². The van der Waals surface area contributed by atoms with Crippen LogP contribution in [0.5, 0.6) is 0 Å². The lowest BCUT2D eigenvalue weighted by Crippen LogP contribution is -2.31. The number of nitrogens with zero attached hydrogens (tertiary/aromatic N) is 2. The number of hydrogen-bond donors (Lipinski definition) is 1. The molecule has 0 radical (unpaired) electrons. The van der Waals surface area contributed by atoms with Gasteiger partial charge in [0.25, 0.3) is 5.56 Å². The molecular formula is C22H17Cl2N3O2S2. The summed E-state index contributed by atoms with van der Waals surface area (Å²) >= 11 is 14.9. The fourth-order valence-electron chi connectivity index (χ4n) is 2.98. The topological polar surface area (TPSA) is 64.0 Å². The minimum Gasteiger partial charge on any atom is -0.350 e. The first-order chi connectivity index (χ1) is 14.9. The van der Waals surface area contributed by atoms with Gasteiger partial charge in [-0.1, -0.05) is 41.0 Å². The van der Waals surface area contributed by atoms with Gasteiger partial charge < -0.3 is 5.32 Å². The van der Waals surface area contributed by atoms with E-state index in [1.165, 1.54) is 16.3 Å². The normalized spacial score (nSPS) is 12.1. The highest BCUT2D eigenvalue weighted by atomic mass is 35.5. The number of hydrogen-bond acceptors (Lipinski definition) is 5. The van der Waals surface area contributed by atoms with Crippen LogP contribution in [0.4, 0.5) is 0 Å². The van der Waals surface area contributed by atoms with E-state index in [1.807, 2.05) is 17.5 Å². The Bertz CT molecular complexity index is 1290. The number of rotatable bonds is 6. The van der Waals surface area contributed by atoms with Crippen molar-refractivity contribution in [2.24, 2.45) is 0 Å². The molecule has 0 aliphatic heterocycles. The summed E-state index contributed by atoms with van der Waals surface area (Å²) in [6.45, 7) is 2.25. The van der Waals surface area contributed by atoms with Crippen LogP contribution in [0.15, 0.2) is 69.9 Å². The summed E-state index contributed by atoms with van der Waals surface area (Å²) in [7, 11) is 0. The molecule has 1 N–H and O–H groups in total. The predicted molar refractivity (Wildman–Crippen MR) is 129 cm³/mol. The van der Waals surface area contributed by atoms with E-state index >= 15 is 0 Å². The number of thiophene rings is 1. The van der Waals surface area contributed by atoms with Gasteiger partial charge in [0.05, 0.1) is 28.4 Å². The van der Waals surface area contributed by atoms with Gasteiger partial charge in [-0.05, 0) is 60.8 Å². The highest BCUT2D eigenvalue weighted by Crippen LogP contribution is 2.27. The van der Waals surface area contributed by atoms with E-state index in [9.17, 15) is 9.59 Å². The number of carbonyl (C=O) groups excluding carboxylic acids is 1. The van der Waals surface area contributed by atoms with Crippen LogP contribution in [0.3, 0.4) is 0 Å². The molecule has 0 bridgehead atoms. The number of nitrogens with one attached hydrogen (secondary N) is 1. The summed E-state index contributed by atoms with van der Waals surface area (Å²) < 4.78 is 1.50. The first-order valence-corrected chi connectivity index (χ1v) is 11.9. The Hall–Kier alpha value is -2.32. The van der Waals surface area contributed by atoms with Crippen molar-refractivity contribution in [3.63, 3.8) is 0 Å². The van der Waals surface area contributed by atoms with Crippen molar-refractivity contribution in [3.05, 3.63) is 85.3 Å². The Labute approximate surface area is 197 Å². The Morgan fingerprint density at radius 1 is 1.16 bits per heavy atom. The first-order valence-electron chi connectivity index (χ1n) is 9.37. The highest BCUT2D eigenvalue weighted by Gasteiger charge is 2.20. The molecule has 4 aromatic rings. The maximum absolute atomic E-state index is 13.3. The van der Waals surface area contributed by atoms with Crippen molar-refractivity contribution in [1.29, 1.82) is 0 Å². The molecule has 0 saturated heterocycles. The maximum atomic E-state index is 13.3. The van der Waals surface area contributed by atoms with Gasteiger partial charge in [0.2, 0.25) is 5.91 Å². The van der Waals surface area contributed by atoms with Gasteiger partial charge in [-0.25, -0.2) is 4.98 Å². The molecule has 5 nitrogen and oxygen atoms in total. The molecular weight excluding hydrogens is 473 g/mol. The first kappa shape index (κ1) is 21.9. The van der Waals surface area contributed by atoms with E-state index in [1.54, 1.807) is 60.7 Å². The molecule has 9 heteroatoms. The van der Waals surface area contributed by atoms with Gasteiger partial charge in [0, 0.05) is 14.9 Å². The number of carbonyl (C=O) groups is 1. The van der Waals surface area contributed by atoms with E-state index in [-0.39, 0.29) is 11.5 Å². The molecule has 0 saturated carbocycles. The lowest BCUT2D eigenvalue weighted by molar-refractivity contribution is -0.120. The molecule has 4 rings (SSSR count). The number of amides is 1. The average Bonchev–Trinajstić information content (AvgIpc) is 3.26. The van der Waals surface area contributed by atoms with Crippen molar-refractivity contribution in [2.75, 3.05) is 0 Å². The van der Waals surface area contributed by atoms with Gasteiger partial charge in [0.15, 0.2) is 5.16 Å². The molecule has 0 fully saturated rings. The minimum absolute atomic E-state index is 0.138. The summed E-state index contributed by atoms with van der Waals surface area (Å²) in [4.78, 5) is 31.7. The van der Waals surface area contributed by atoms with E-state index < -0.39 is 5.25 Å². The summed E-state index contributed by atoms with van der Waals surface area (Å²) in [5.41, 5.74) is 0.863.